The van der Waals surface area contributed by atoms with Crippen LogP contribution >= 0.6 is 0 Å². The van der Waals surface area contributed by atoms with Crippen LogP contribution in [0.15, 0.2) is 48.5 Å². The predicted molar refractivity (Wildman–Crippen MR) is 144 cm³/mol. The zero-order chi connectivity index (χ0) is 25.7. The van der Waals surface area contributed by atoms with Gasteiger partial charge in [-0.15, -0.1) is 0 Å². The molecule has 36 heavy (non-hydrogen) atoms. The lowest BCUT2D eigenvalue weighted by Gasteiger charge is -2.37. The highest BCUT2D eigenvalue weighted by molar-refractivity contribution is 7.89. The van der Waals surface area contributed by atoms with Gasteiger partial charge in [0.25, 0.3) is 5.91 Å². The summed E-state index contributed by atoms with van der Waals surface area (Å²) in [5.74, 6) is 1.42. The number of hydrogen-bond acceptors (Lipinski definition) is 7. The molecule has 0 spiro atoms. The monoisotopic (exact) mass is 510 g/mol. The summed E-state index contributed by atoms with van der Waals surface area (Å²) in [6.45, 7) is 6.13. The second-order valence-electron chi connectivity index (χ2n) is 8.93. The number of carbonyl (C=O) groups is 1. The van der Waals surface area contributed by atoms with Crippen LogP contribution in [-0.4, -0.2) is 67.1 Å². The van der Waals surface area contributed by atoms with Crippen LogP contribution in [0.5, 0.6) is 0 Å². The van der Waals surface area contributed by atoms with Gasteiger partial charge >= 0.3 is 0 Å². The first kappa shape index (κ1) is 25.8. The van der Waals surface area contributed by atoms with E-state index in [2.05, 4.69) is 15.5 Å². The number of nitrogens with one attached hydrogen (secondary N) is 2. The quantitative estimate of drug-likeness (QED) is 0.455. The van der Waals surface area contributed by atoms with Crippen LogP contribution in [0.4, 0.5) is 11.8 Å². The van der Waals surface area contributed by atoms with Gasteiger partial charge in [0.2, 0.25) is 16.0 Å². The van der Waals surface area contributed by atoms with Gasteiger partial charge in [0.15, 0.2) is 0 Å². The number of piperidine rings is 1. The second kappa shape index (κ2) is 11.2. The fraction of sp³-hybridized carbons (Fsp3) is 0.423. The minimum atomic E-state index is -3.21. The number of fused-ring (bicyclic) bond motifs is 1. The molecule has 0 atom stereocenters. The number of amides is 1. The average Bonchev–Trinajstić information content (AvgIpc) is 2.91. The Morgan fingerprint density at radius 1 is 1.06 bits per heavy atom. The molecule has 1 aliphatic heterocycles. The number of anilines is 2. The Bertz CT molecular complexity index is 1310. The van der Waals surface area contributed by atoms with E-state index in [9.17, 15) is 13.2 Å². The molecular formula is C26H34N6O3S. The van der Waals surface area contributed by atoms with Gasteiger partial charge in [-0.05, 0) is 56.5 Å². The van der Waals surface area contributed by atoms with Crippen LogP contribution in [-0.2, 0) is 16.6 Å². The summed E-state index contributed by atoms with van der Waals surface area (Å²) in [6.07, 6.45) is 1.49. The van der Waals surface area contributed by atoms with Crippen molar-refractivity contribution >= 4 is 38.6 Å². The molecule has 1 aromatic heterocycles. The molecule has 1 saturated heterocycles. The smallest absolute Gasteiger partial charge is 0.251 e. The molecule has 1 amide bonds. The number of aromatic nitrogens is 2. The van der Waals surface area contributed by atoms with Gasteiger partial charge in [-0.2, -0.15) is 4.98 Å². The summed E-state index contributed by atoms with van der Waals surface area (Å²) in [5.41, 5.74) is 2.50. The number of carbonyl (C=O) groups excluding carboxylic acids is 1. The average molecular weight is 511 g/mol. The van der Waals surface area contributed by atoms with Crippen molar-refractivity contribution < 1.29 is 13.2 Å². The lowest BCUT2D eigenvalue weighted by Crippen LogP contribution is -2.46. The fourth-order valence-corrected chi connectivity index (χ4v) is 5.54. The molecule has 2 aromatic carbocycles. The maximum atomic E-state index is 12.3. The number of para-hydroxylation sites is 1. The Hall–Kier alpha value is -3.24. The first-order valence-corrected chi connectivity index (χ1v) is 14.0. The number of rotatable bonds is 9. The van der Waals surface area contributed by atoms with Gasteiger partial charge in [-0.3, -0.25) is 4.79 Å². The van der Waals surface area contributed by atoms with Gasteiger partial charge in [0.05, 0.1) is 11.3 Å². The molecule has 2 heterocycles. The number of hydrogen-bond donors (Lipinski definition) is 2. The van der Waals surface area contributed by atoms with E-state index >= 15 is 0 Å². The SMILES string of the molecule is CCNC(=O)c1ccc(CNc2nc(N3CCC(N(C)S(=O)(=O)CC)CC3)c3ccccc3n2)cc1. The molecule has 192 valence electrons. The highest BCUT2D eigenvalue weighted by Gasteiger charge is 2.29. The highest BCUT2D eigenvalue weighted by Crippen LogP contribution is 2.29. The van der Waals surface area contributed by atoms with E-state index in [1.165, 1.54) is 4.31 Å². The van der Waals surface area contributed by atoms with Crippen LogP contribution in [0.25, 0.3) is 10.9 Å². The summed E-state index contributed by atoms with van der Waals surface area (Å²) in [7, 11) is -1.52. The van der Waals surface area contributed by atoms with Gasteiger partial charge in [0.1, 0.15) is 5.82 Å². The van der Waals surface area contributed by atoms with Crippen LogP contribution < -0.4 is 15.5 Å². The molecule has 10 heteroatoms. The van der Waals surface area contributed by atoms with Crippen molar-refractivity contribution in [3.63, 3.8) is 0 Å². The van der Waals surface area contributed by atoms with Crippen molar-refractivity contribution in [2.24, 2.45) is 0 Å². The lowest BCUT2D eigenvalue weighted by molar-refractivity contribution is 0.0956. The lowest BCUT2D eigenvalue weighted by atomic mass is 10.0. The Labute approximate surface area is 213 Å². The van der Waals surface area contributed by atoms with E-state index in [-0.39, 0.29) is 17.7 Å². The van der Waals surface area contributed by atoms with Gasteiger partial charge in [0, 0.05) is 50.2 Å². The zero-order valence-electron chi connectivity index (χ0n) is 21.1. The van der Waals surface area contributed by atoms with Crippen molar-refractivity contribution in [1.82, 2.24) is 19.6 Å². The summed E-state index contributed by atoms with van der Waals surface area (Å²) in [5, 5.41) is 7.10. The topological polar surface area (TPSA) is 108 Å². The van der Waals surface area contributed by atoms with E-state index < -0.39 is 10.0 Å². The first-order chi connectivity index (χ1) is 17.3. The number of nitrogens with zero attached hydrogens (tertiary/aromatic N) is 4. The number of benzene rings is 2. The Balaban J connectivity index is 1.49. The minimum absolute atomic E-state index is 0.000670. The third kappa shape index (κ3) is 5.76. The van der Waals surface area contributed by atoms with Crippen molar-refractivity contribution in [3.05, 3.63) is 59.7 Å². The standard InChI is InChI=1S/C26H34N6O3S/c1-4-27-25(33)20-12-10-19(11-13-20)18-28-26-29-23-9-7-6-8-22(23)24(30-26)32-16-14-21(15-17-32)31(3)36(34,35)5-2/h6-13,21H,4-5,14-18H2,1-3H3,(H,27,33)(H,28,29,30). The predicted octanol–water partition coefficient (Wildman–Crippen LogP) is 3.24. The Morgan fingerprint density at radius 2 is 1.75 bits per heavy atom. The molecule has 0 aliphatic carbocycles. The van der Waals surface area contributed by atoms with Crippen LogP contribution in [0, 0.1) is 0 Å². The van der Waals surface area contributed by atoms with Gasteiger partial charge in [-0.25, -0.2) is 17.7 Å². The third-order valence-corrected chi connectivity index (χ3v) is 8.57. The van der Waals surface area contributed by atoms with E-state index in [1.807, 2.05) is 55.5 Å². The molecule has 0 radical (unpaired) electrons. The van der Waals surface area contributed by atoms with Crippen LogP contribution in [0.2, 0.25) is 0 Å². The Kier molecular flexibility index (Phi) is 8.05. The van der Waals surface area contributed by atoms with Crippen molar-refractivity contribution in [3.8, 4) is 0 Å². The summed E-state index contributed by atoms with van der Waals surface area (Å²) >= 11 is 0. The second-order valence-corrected chi connectivity index (χ2v) is 11.3. The molecule has 1 aliphatic rings. The summed E-state index contributed by atoms with van der Waals surface area (Å²) < 4.78 is 26.1. The molecule has 4 rings (SSSR count). The van der Waals surface area contributed by atoms with Gasteiger partial charge < -0.3 is 15.5 Å². The van der Waals surface area contributed by atoms with Crippen LogP contribution in [0.3, 0.4) is 0 Å². The maximum absolute atomic E-state index is 12.3. The Morgan fingerprint density at radius 3 is 2.42 bits per heavy atom. The third-order valence-electron chi connectivity index (χ3n) is 6.67. The van der Waals surface area contributed by atoms with E-state index in [4.69, 9.17) is 9.97 Å². The normalized spacial score (nSPS) is 14.8. The van der Waals surface area contributed by atoms with Crippen molar-refractivity contribution in [2.45, 2.75) is 39.3 Å². The number of sulfonamides is 1. The van der Waals surface area contributed by atoms with Crippen molar-refractivity contribution in [1.29, 1.82) is 0 Å². The molecule has 0 saturated carbocycles. The molecule has 9 nitrogen and oxygen atoms in total. The van der Waals surface area contributed by atoms with Gasteiger partial charge in [-0.1, -0.05) is 24.3 Å². The summed E-state index contributed by atoms with van der Waals surface area (Å²) in [4.78, 5) is 23.8. The molecule has 2 N–H and O–H groups in total. The summed E-state index contributed by atoms with van der Waals surface area (Å²) in [6, 6.07) is 15.4. The van der Waals surface area contributed by atoms with E-state index in [1.54, 1.807) is 14.0 Å². The van der Waals surface area contributed by atoms with E-state index in [0.717, 1.165) is 48.2 Å². The molecule has 0 unspecified atom stereocenters. The molecule has 3 aromatic rings. The molecule has 1 fully saturated rings. The van der Waals surface area contributed by atoms with E-state index in [0.29, 0.717) is 24.6 Å². The zero-order valence-corrected chi connectivity index (χ0v) is 21.9. The molecular weight excluding hydrogens is 476 g/mol. The highest BCUT2D eigenvalue weighted by atomic mass is 32.2. The fourth-order valence-electron chi connectivity index (χ4n) is 4.47. The van der Waals surface area contributed by atoms with Crippen LogP contribution in [0.1, 0.15) is 42.6 Å². The molecule has 0 bridgehead atoms. The largest absolute Gasteiger partial charge is 0.356 e. The minimum Gasteiger partial charge on any atom is -0.356 e. The van der Waals surface area contributed by atoms with Crippen molar-refractivity contribution in [2.75, 3.05) is 42.7 Å². The maximum Gasteiger partial charge on any atom is 0.251 e. The first-order valence-electron chi connectivity index (χ1n) is 12.4.